The molecule has 3 N–H and O–H groups in total. The molecule has 0 saturated heterocycles. The van der Waals surface area contributed by atoms with Gasteiger partial charge in [0.05, 0.1) is 16.5 Å². The van der Waals surface area contributed by atoms with E-state index in [1.807, 2.05) is 0 Å². The second kappa shape index (κ2) is 7.29. The number of nitro benzene ring substituents is 1. The molecule has 0 radical (unpaired) electrons. The molecule has 2 rings (SSSR count). The molecule has 0 saturated carbocycles. The first kappa shape index (κ1) is 18.4. The van der Waals surface area contributed by atoms with Crippen LogP contribution < -0.4 is 16.0 Å². The molecule has 0 spiro atoms. The molecular weight excluding hydrogens is 352 g/mol. The normalized spacial score (nSPS) is 10.8. The van der Waals surface area contributed by atoms with Gasteiger partial charge in [-0.25, -0.2) is 4.79 Å². The predicted molar refractivity (Wildman–Crippen MR) is 89.2 cm³/mol. The third-order valence-corrected chi connectivity index (χ3v) is 3.14. The van der Waals surface area contributed by atoms with Crippen LogP contribution in [0.2, 0.25) is 0 Å². The maximum absolute atomic E-state index is 11.5. The highest BCUT2D eigenvalue weighted by molar-refractivity contribution is 5.74. The van der Waals surface area contributed by atoms with Crippen molar-refractivity contribution in [2.45, 2.75) is 6.92 Å². The fourth-order valence-electron chi connectivity index (χ4n) is 2.09. The summed E-state index contributed by atoms with van der Waals surface area (Å²) in [5, 5.41) is 31.8. The zero-order valence-corrected chi connectivity index (χ0v) is 13.2. The molecule has 12 nitrogen and oxygen atoms in total. The lowest BCUT2D eigenvalue weighted by atomic mass is 10.1. The highest BCUT2D eigenvalue weighted by atomic mass is 16.6. The molecule has 1 aromatic carbocycles. The monoisotopic (exact) mass is 364 g/mol. The summed E-state index contributed by atoms with van der Waals surface area (Å²) in [6.07, 6.45) is 2.23. The molecule has 0 aliphatic carbocycles. The standard InChI is InChI=1S/C14H12N4O8/c1-2-26-10-6-7(5-9(12(10)19)17(22)23)3-4-8-11(18(24)25)13(20)16-14(21)15-8/h3-6,19H,2H2,1H3,(H2,15,16,20,21)/b4-3+. The number of nitrogens with zero attached hydrogens (tertiary/aromatic N) is 2. The van der Waals surface area contributed by atoms with Crippen LogP contribution in [0.4, 0.5) is 11.4 Å². The maximum atomic E-state index is 11.5. The Bertz CT molecular complexity index is 1020. The van der Waals surface area contributed by atoms with Crippen LogP contribution in [0.25, 0.3) is 12.2 Å². The van der Waals surface area contributed by atoms with Gasteiger partial charge in [-0.1, -0.05) is 6.08 Å². The lowest BCUT2D eigenvalue weighted by Gasteiger charge is -2.07. The molecule has 2 aromatic rings. The fraction of sp³-hybridized carbons (Fsp3) is 0.143. The first-order chi connectivity index (χ1) is 12.2. The summed E-state index contributed by atoms with van der Waals surface area (Å²) in [6, 6.07) is 2.27. The SMILES string of the molecule is CCOc1cc(/C=C/c2[nH]c(=O)[nH]c(=O)c2[N+](=O)[O-])cc([N+](=O)[O-])c1O. The summed E-state index contributed by atoms with van der Waals surface area (Å²) in [5.74, 6) is -0.820. The number of phenolic OH excluding ortho intramolecular Hbond substituents is 1. The van der Waals surface area contributed by atoms with E-state index in [1.165, 1.54) is 12.1 Å². The van der Waals surface area contributed by atoms with Gasteiger partial charge in [0.25, 0.3) is 0 Å². The van der Waals surface area contributed by atoms with Crippen molar-refractivity contribution in [2.24, 2.45) is 0 Å². The number of aromatic amines is 2. The largest absolute Gasteiger partial charge is 0.500 e. The minimum Gasteiger partial charge on any atom is -0.500 e. The van der Waals surface area contributed by atoms with Gasteiger partial charge in [0, 0.05) is 6.07 Å². The van der Waals surface area contributed by atoms with Gasteiger partial charge in [-0.3, -0.25) is 30.0 Å². The molecule has 0 aliphatic rings. The molecular formula is C14H12N4O8. The first-order valence-electron chi connectivity index (χ1n) is 7.07. The van der Waals surface area contributed by atoms with Crippen LogP contribution in [-0.2, 0) is 0 Å². The summed E-state index contributed by atoms with van der Waals surface area (Å²) >= 11 is 0. The average Bonchev–Trinajstić information content (AvgIpc) is 2.54. The van der Waals surface area contributed by atoms with Gasteiger partial charge in [0.1, 0.15) is 5.69 Å². The van der Waals surface area contributed by atoms with Crippen LogP contribution in [0.15, 0.2) is 21.7 Å². The third kappa shape index (κ3) is 3.75. The minimum atomic E-state index is -1.19. The summed E-state index contributed by atoms with van der Waals surface area (Å²) in [5.41, 5.74) is -3.91. The summed E-state index contributed by atoms with van der Waals surface area (Å²) in [7, 11) is 0. The molecule has 0 fully saturated rings. The number of aromatic hydroxyl groups is 1. The number of hydrogen-bond donors (Lipinski definition) is 3. The van der Waals surface area contributed by atoms with Crippen LogP contribution >= 0.6 is 0 Å². The number of hydrogen-bond acceptors (Lipinski definition) is 8. The third-order valence-electron chi connectivity index (χ3n) is 3.14. The Kier molecular flexibility index (Phi) is 5.15. The number of rotatable bonds is 6. The smallest absolute Gasteiger partial charge is 0.357 e. The Morgan fingerprint density at radius 3 is 2.42 bits per heavy atom. The lowest BCUT2D eigenvalue weighted by molar-refractivity contribution is -0.386. The molecule has 1 aromatic heterocycles. The molecule has 0 atom stereocenters. The topological polar surface area (TPSA) is 181 Å². The summed E-state index contributed by atoms with van der Waals surface area (Å²) in [4.78, 5) is 46.9. The Morgan fingerprint density at radius 2 is 1.85 bits per heavy atom. The van der Waals surface area contributed by atoms with Crippen molar-refractivity contribution >= 4 is 23.5 Å². The molecule has 12 heteroatoms. The van der Waals surface area contributed by atoms with Crippen LogP contribution in [0.1, 0.15) is 18.2 Å². The van der Waals surface area contributed by atoms with Gasteiger partial charge < -0.3 is 14.8 Å². The molecule has 0 aliphatic heterocycles. The average molecular weight is 364 g/mol. The zero-order valence-electron chi connectivity index (χ0n) is 13.2. The highest BCUT2D eigenvalue weighted by Gasteiger charge is 2.21. The predicted octanol–water partition coefficient (Wildman–Crippen LogP) is 1.15. The number of ether oxygens (including phenoxy) is 1. The Hall–Kier alpha value is -3.96. The van der Waals surface area contributed by atoms with Crippen LogP contribution in [0.5, 0.6) is 11.5 Å². The quantitative estimate of drug-likeness (QED) is 0.504. The Labute approximate surface area is 143 Å². The molecule has 1 heterocycles. The van der Waals surface area contributed by atoms with Gasteiger partial charge in [-0.2, -0.15) is 0 Å². The van der Waals surface area contributed by atoms with Crippen molar-refractivity contribution in [1.82, 2.24) is 9.97 Å². The number of benzene rings is 1. The van der Waals surface area contributed by atoms with Gasteiger partial charge in [-0.05, 0) is 24.6 Å². The first-order valence-corrected chi connectivity index (χ1v) is 7.07. The second-order valence-electron chi connectivity index (χ2n) is 4.84. The van der Waals surface area contributed by atoms with Gasteiger partial charge in [0.2, 0.25) is 5.75 Å². The Balaban J connectivity index is 2.59. The van der Waals surface area contributed by atoms with E-state index >= 15 is 0 Å². The number of H-pyrrole nitrogens is 2. The van der Waals surface area contributed by atoms with Crippen LogP contribution in [0, 0.1) is 20.2 Å². The van der Waals surface area contributed by atoms with Crippen LogP contribution in [0.3, 0.4) is 0 Å². The molecule has 0 bridgehead atoms. The second-order valence-corrected chi connectivity index (χ2v) is 4.84. The fourth-order valence-corrected chi connectivity index (χ4v) is 2.09. The summed E-state index contributed by atoms with van der Waals surface area (Å²) in [6.45, 7) is 1.74. The van der Waals surface area contributed by atoms with E-state index in [2.05, 4.69) is 4.98 Å². The van der Waals surface area contributed by atoms with Crippen molar-refractivity contribution in [3.63, 3.8) is 0 Å². The molecule has 0 amide bonds. The number of phenols is 1. The van der Waals surface area contributed by atoms with E-state index in [-0.39, 0.29) is 17.9 Å². The van der Waals surface area contributed by atoms with E-state index in [0.29, 0.717) is 0 Å². The van der Waals surface area contributed by atoms with Gasteiger partial charge in [0.15, 0.2) is 5.75 Å². The molecule has 136 valence electrons. The lowest BCUT2D eigenvalue weighted by Crippen LogP contribution is -2.25. The van der Waals surface area contributed by atoms with E-state index in [0.717, 1.165) is 12.1 Å². The van der Waals surface area contributed by atoms with Crippen molar-refractivity contribution in [3.05, 3.63) is 64.5 Å². The van der Waals surface area contributed by atoms with Crippen LogP contribution in [-0.4, -0.2) is 31.5 Å². The van der Waals surface area contributed by atoms with E-state index < -0.39 is 43.9 Å². The van der Waals surface area contributed by atoms with Crippen molar-refractivity contribution in [3.8, 4) is 11.5 Å². The van der Waals surface area contributed by atoms with E-state index in [1.54, 1.807) is 11.9 Å². The van der Waals surface area contributed by atoms with Gasteiger partial charge >= 0.3 is 22.6 Å². The van der Waals surface area contributed by atoms with Gasteiger partial charge in [-0.15, -0.1) is 0 Å². The van der Waals surface area contributed by atoms with Crippen molar-refractivity contribution in [2.75, 3.05) is 6.61 Å². The molecule has 0 unspecified atom stereocenters. The maximum Gasteiger partial charge on any atom is 0.357 e. The zero-order chi connectivity index (χ0) is 19.4. The number of aromatic nitrogens is 2. The minimum absolute atomic E-state index is 0.130. The van der Waals surface area contributed by atoms with Crippen molar-refractivity contribution < 1.29 is 19.7 Å². The van der Waals surface area contributed by atoms with E-state index in [9.17, 15) is 34.9 Å². The van der Waals surface area contributed by atoms with E-state index in [4.69, 9.17) is 4.74 Å². The molecule has 26 heavy (non-hydrogen) atoms. The summed E-state index contributed by atoms with van der Waals surface area (Å²) < 4.78 is 5.11. The highest BCUT2D eigenvalue weighted by Crippen LogP contribution is 2.37. The van der Waals surface area contributed by atoms with Crippen molar-refractivity contribution in [1.29, 1.82) is 0 Å². The number of nitrogens with one attached hydrogen (secondary N) is 2. The Morgan fingerprint density at radius 1 is 1.15 bits per heavy atom. The number of nitro groups is 2.